The minimum atomic E-state index is -3.66. The fourth-order valence-electron chi connectivity index (χ4n) is 3.59. The molecule has 0 radical (unpaired) electrons. The van der Waals surface area contributed by atoms with Crippen molar-refractivity contribution < 1.29 is 27.4 Å². The highest BCUT2D eigenvalue weighted by molar-refractivity contribution is 7.89. The first-order valence-corrected chi connectivity index (χ1v) is 11.5. The van der Waals surface area contributed by atoms with Crippen LogP contribution < -0.4 is 23.7 Å². The van der Waals surface area contributed by atoms with Crippen LogP contribution in [-0.2, 0) is 10.0 Å². The Morgan fingerprint density at radius 2 is 1.70 bits per heavy atom. The van der Waals surface area contributed by atoms with E-state index in [0.29, 0.717) is 62.2 Å². The lowest BCUT2D eigenvalue weighted by atomic mass is 9.94. The van der Waals surface area contributed by atoms with Crippen molar-refractivity contribution in [3.63, 3.8) is 0 Å². The van der Waals surface area contributed by atoms with E-state index >= 15 is 0 Å². The topological polar surface area (TPSA) is 109 Å². The molecule has 0 unspecified atom stereocenters. The van der Waals surface area contributed by atoms with Crippen molar-refractivity contribution in [2.24, 2.45) is 0 Å². The number of rotatable bonds is 6. The predicted octanol–water partition coefficient (Wildman–Crippen LogP) is 2.32. The molecule has 10 heteroatoms. The fourth-order valence-corrected chi connectivity index (χ4v) is 4.91. The summed E-state index contributed by atoms with van der Waals surface area (Å²) in [7, 11) is -2.14. The first-order valence-electron chi connectivity index (χ1n) is 9.99. The van der Waals surface area contributed by atoms with Crippen molar-refractivity contribution in [2.45, 2.75) is 49.1 Å². The van der Waals surface area contributed by atoms with Gasteiger partial charge in [-0.25, -0.2) is 23.1 Å². The summed E-state index contributed by atoms with van der Waals surface area (Å²) in [5.41, 5.74) is 0. The van der Waals surface area contributed by atoms with Crippen LogP contribution in [0, 0.1) is 0 Å². The Kier molecular flexibility index (Phi) is 6.24. The Bertz CT molecular complexity index is 976. The minimum Gasteiger partial charge on any atom is -0.490 e. The van der Waals surface area contributed by atoms with Gasteiger partial charge in [-0.05, 0) is 37.8 Å². The molecule has 1 aliphatic carbocycles. The molecule has 0 bridgehead atoms. The van der Waals surface area contributed by atoms with Crippen LogP contribution in [0.4, 0.5) is 0 Å². The second-order valence-electron chi connectivity index (χ2n) is 7.24. The maximum Gasteiger partial charge on any atom is 0.278 e. The van der Waals surface area contributed by atoms with E-state index in [1.165, 1.54) is 19.4 Å². The summed E-state index contributed by atoms with van der Waals surface area (Å²) in [5.74, 6) is 1.74. The largest absolute Gasteiger partial charge is 0.490 e. The summed E-state index contributed by atoms with van der Waals surface area (Å²) in [4.78, 5) is 8.41. The fraction of sp³-hybridized carbons (Fsp3) is 0.500. The van der Waals surface area contributed by atoms with E-state index < -0.39 is 10.0 Å². The number of sulfonamides is 1. The second-order valence-corrected chi connectivity index (χ2v) is 8.96. The number of aromatic nitrogens is 2. The molecule has 1 N–H and O–H groups in total. The number of benzene rings is 1. The zero-order valence-corrected chi connectivity index (χ0v) is 17.6. The molecule has 0 amide bonds. The Morgan fingerprint density at radius 1 is 1.00 bits per heavy atom. The van der Waals surface area contributed by atoms with Gasteiger partial charge in [0.2, 0.25) is 10.0 Å². The predicted molar refractivity (Wildman–Crippen MR) is 108 cm³/mol. The summed E-state index contributed by atoms with van der Waals surface area (Å²) in [6, 6.07) is 4.56. The van der Waals surface area contributed by atoms with Gasteiger partial charge in [-0.1, -0.05) is 0 Å². The van der Waals surface area contributed by atoms with E-state index in [1.54, 1.807) is 18.3 Å². The van der Waals surface area contributed by atoms with Crippen LogP contribution in [0.5, 0.6) is 23.3 Å². The van der Waals surface area contributed by atoms with E-state index in [1.807, 2.05) is 0 Å². The van der Waals surface area contributed by atoms with Crippen molar-refractivity contribution in [3.8, 4) is 23.3 Å². The lowest BCUT2D eigenvalue weighted by Crippen LogP contribution is -2.39. The molecule has 1 aromatic carbocycles. The van der Waals surface area contributed by atoms with E-state index in [0.717, 1.165) is 6.42 Å². The van der Waals surface area contributed by atoms with Gasteiger partial charge in [-0.3, -0.25) is 0 Å². The van der Waals surface area contributed by atoms with Crippen LogP contribution in [0.25, 0.3) is 0 Å². The van der Waals surface area contributed by atoms with Gasteiger partial charge >= 0.3 is 0 Å². The number of hydrogen-bond acceptors (Lipinski definition) is 8. The minimum absolute atomic E-state index is 0.0607. The molecule has 9 nitrogen and oxygen atoms in total. The Balaban J connectivity index is 1.36. The third-order valence-electron chi connectivity index (χ3n) is 5.13. The quantitative estimate of drug-likeness (QED) is 0.736. The molecule has 30 heavy (non-hydrogen) atoms. The number of nitrogens with zero attached hydrogens (tertiary/aromatic N) is 2. The highest BCUT2D eigenvalue weighted by atomic mass is 32.2. The zero-order chi connectivity index (χ0) is 21.0. The normalized spacial score (nSPS) is 21.5. The zero-order valence-electron chi connectivity index (χ0n) is 16.7. The molecule has 2 aromatic rings. The van der Waals surface area contributed by atoms with Gasteiger partial charge in [-0.15, -0.1) is 0 Å². The summed E-state index contributed by atoms with van der Waals surface area (Å²) in [6.07, 6.45) is 6.52. The Hall–Kier alpha value is -2.59. The van der Waals surface area contributed by atoms with Gasteiger partial charge in [-0.2, -0.15) is 0 Å². The third-order valence-corrected chi connectivity index (χ3v) is 6.65. The smallest absolute Gasteiger partial charge is 0.278 e. The molecule has 2 aliphatic rings. The van der Waals surface area contributed by atoms with Crippen LogP contribution in [0.1, 0.15) is 32.1 Å². The van der Waals surface area contributed by atoms with Crippen molar-refractivity contribution in [1.29, 1.82) is 0 Å². The average molecular weight is 436 g/mol. The first-order chi connectivity index (χ1) is 14.5. The van der Waals surface area contributed by atoms with Crippen LogP contribution in [0.3, 0.4) is 0 Å². The number of hydrogen-bond donors (Lipinski definition) is 1. The number of ether oxygens (including phenoxy) is 4. The van der Waals surface area contributed by atoms with Crippen molar-refractivity contribution in [3.05, 3.63) is 30.6 Å². The summed E-state index contributed by atoms with van der Waals surface area (Å²) < 4.78 is 50.8. The van der Waals surface area contributed by atoms with E-state index in [-0.39, 0.29) is 17.0 Å². The lowest BCUT2D eigenvalue weighted by molar-refractivity contribution is 0.132. The van der Waals surface area contributed by atoms with Gasteiger partial charge in [0.15, 0.2) is 11.5 Å². The van der Waals surface area contributed by atoms with E-state index in [4.69, 9.17) is 18.9 Å². The number of fused-ring (bicyclic) bond motifs is 1. The third kappa shape index (κ3) is 4.76. The van der Waals surface area contributed by atoms with Crippen LogP contribution in [-0.4, -0.2) is 50.9 Å². The molecule has 1 saturated carbocycles. The highest BCUT2D eigenvalue weighted by Crippen LogP contribution is 2.32. The second kappa shape index (κ2) is 9.05. The molecular weight excluding hydrogens is 410 g/mol. The standard InChI is InChI=1S/C20H25N3O6S/c1-26-19-20(22-10-9-21-19)29-15-5-3-14(4-6-15)23-30(24,25)16-7-8-17-18(13-16)28-12-2-11-27-17/h7-10,13-15,23H,2-6,11-12H2,1H3. The van der Waals surface area contributed by atoms with Gasteiger partial charge in [0.05, 0.1) is 25.2 Å². The van der Waals surface area contributed by atoms with Crippen molar-refractivity contribution >= 4 is 10.0 Å². The Labute approximate surface area is 175 Å². The van der Waals surface area contributed by atoms with Crippen molar-refractivity contribution in [1.82, 2.24) is 14.7 Å². The van der Waals surface area contributed by atoms with Gasteiger partial charge in [0, 0.05) is 30.9 Å². The molecule has 1 aromatic heterocycles. The van der Waals surface area contributed by atoms with Crippen LogP contribution in [0.15, 0.2) is 35.5 Å². The number of nitrogens with one attached hydrogen (secondary N) is 1. The number of methoxy groups -OCH3 is 1. The van der Waals surface area contributed by atoms with E-state index in [2.05, 4.69) is 14.7 Å². The van der Waals surface area contributed by atoms with Crippen LogP contribution in [0.2, 0.25) is 0 Å². The van der Waals surface area contributed by atoms with Crippen LogP contribution >= 0.6 is 0 Å². The first kappa shape index (κ1) is 20.7. The summed E-state index contributed by atoms with van der Waals surface area (Å²) >= 11 is 0. The molecule has 4 rings (SSSR count). The van der Waals surface area contributed by atoms with E-state index in [9.17, 15) is 8.42 Å². The summed E-state index contributed by atoms with van der Waals surface area (Å²) in [5, 5.41) is 0. The molecule has 1 aliphatic heterocycles. The van der Waals surface area contributed by atoms with Crippen molar-refractivity contribution in [2.75, 3.05) is 20.3 Å². The maximum atomic E-state index is 12.9. The molecule has 2 heterocycles. The maximum absolute atomic E-state index is 12.9. The van der Waals surface area contributed by atoms with Gasteiger partial charge in [0.25, 0.3) is 11.8 Å². The monoisotopic (exact) mass is 435 g/mol. The molecular formula is C20H25N3O6S. The molecule has 0 atom stereocenters. The SMILES string of the molecule is COc1nccnc1OC1CCC(NS(=O)(=O)c2ccc3c(c2)OCCCO3)CC1. The van der Waals surface area contributed by atoms with Gasteiger partial charge in [0.1, 0.15) is 6.10 Å². The van der Waals surface area contributed by atoms with Gasteiger partial charge < -0.3 is 18.9 Å². The average Bonchev–Trinajstić information content (AvgIpc) is 3.00. The molecule has 162 valence electrons. The molecule has 0 saturated heterocycles. The summed E-state index contributed by atoms with van der Waals surface area (Å²) in [6.45, 7) is 1.06. The molecule has 1 fully saturated rings. The molecule has 0 spiro atoms. The Morgan fingerprint density at radius 3 is 2.43 bits per heavy atom. The highest BCUT2D eigenvalue weighted by Gasteiger charge is 2.28. The lowest BCUT2D eigenvalue weighted by Gasteiger charge is -2.29.